The summed E-state index contributed by atoms with van der Waals surface area (Å²) in [5, 5.41) is 6.94. The Morgan fingerprint density at radius 1 is 1.16 bits per heavy atom. The lowest BCUT2D eigenvalue weighted by Crippen LogP contribution is -2.49. The largest absolute Gasteiger partial charge is 0.496 e. The standard InChI is InChI=1S/C15H24N2O2/c1-10-11(2)15(19-4)12(8-14(10)18-3)7-13-9-16-5-6-17-13/h8,13,16-17H,5-7,9H2,1-4H3. The highest BCUT2D eigenvalue weighted by Crippen LogP contribution is 2.34. The Morgan fingerprint density at radius 3 is 2.53 bits per heavy atom. The first-order chi connectivity index (χ1) is 9.17. The summed E-state index contributed by atoms with van der Waals surface area (Å²) in [6.07, 6.45) is 0.952. The van der Waals surface area contributed by atoms with E-state index in [-0.39, 0.29) is 0 Å². The zero-order valence-electron chi connectivity index (χ0n) is 12.3. The molecular formula is C15H24N2O2. The van der Waals surface area contributed by atoms with Gasteiger partial charge in [0.1, 0.15) is 11.5 Å². The van der Waals surface area contributed by atoms with Gasteiger partial charge in [-0.05, 0) is 43.0 Å². The van der Waals surface area contributed by atoms with Gasteiger partial charge in [0.2, 0.25) is 0 Å². The van der Waals surface area contributed by atoms with Crippen LogP contribution in [0.15, 0.2) is 6.07 Å². The van der Waals surface area contributed by atoms with Gasteiger partial charge in [-0.1, -0.05) is 0 Å². The molecule has 1 unspecified atom stereocenters. The Bertz CT molecular complexity index is 440. The van der Waals surface area contributed by atoms with Crippen molar-refractivity contribution in [2.75, 3.05) is 33.9 Å². The smallest absolute Gasteiger partial charge is 0.125 e. The van der Waals surface area contributed by atoms with Crippen molar-refractivity contribution >= 4 is 0 Å². The lowest BCUT2D eigenvalue weighted by atomic mass is 9.97. The average molecular weight is 264 g/mol. The number of rotatable bonds is 4. The van der Waals surface area contributed by atoms with Gasteiger partial charge in [0.25, 0.3) is 0 Å². The molecule has 2 N–H and O–H groups in total. The van der Waals surface area contributed by atoms with E-state index >= 15 is 0 Å². The van der Waals surface area contributed by atoms with Gasteiger partial charge < -0.3 is 20.1 Å². The van der Waals surface area contributed by atoms with Gasteiger partial charge in [-0.15, -0.1) is 0 Å². The Balaban J connectivity index is 2.29. The first-order valence-corrected chi connectivity index (χ1v) is 6.82. The monoisotopic (exact) mass is 264 g/mol. The number of nitrogens with one attached hydrogen (secondary N) is 2. The van der Waals surface area contributed by atoms with Gasteiger partial charge >= 0.3 is 0 Å². The number of benzene rings is 1. The van der Waals surface area contributed by atoms with E-state index in [0.717, 1.165) is 43.1 Å². The molecule has 1 aromatic rings. The summed E-state index contributed by atoms with van der Waals surface area (Å²) < 4.78 is 11.1. The summed E-state index contributed by atoms with van der Waals surface area (Å²) in [4.78, 5) is 0. The van der Waals surface area contributed by atoms with Crippen LogP contribution in [-0.2, 0) is 6.42 Å². The molecule has 19 heavy (non-hydrogen) atoms. The van der Waals surface area contributed by atoms with Crippen LogP contribution in [0.1, 0.15) is 16.7 Å². The van der Waals surface area contributed by atoms with Gasteiger partial charge in [-0.2, -0.15) is 0 Å². The molecule has 2 rings (SSSR count). The fraction of sp³-hybridized carbons (Fsp3) is 0.600. The Labute approximate surface area is 115 Å². The molecule has 1 aliphatic rings. The average Bonchev–Trinajstić information content (AvgIpc) is 2.44. The van der Waals surface area contributed by atoms with Crippen molar-refractivity contribution in [3.8, 4) is 11.5 Å². The minimum Gasteiger partial charge on any atom is -0.496 e. The molecule has 0 saturated carbocycles. The minimum absolute atomic E-state index is 0.453. The third kappa shape index (κ3) is 3.01. The molecule has 1 heterocycles. The Kier molecular flexibility index (Phi) is 4.66. The third-order valence-electron chi connectivity index (χ3n) is 3.89. The van der Waals surface area contributed by atoms with Crippen LogP contribution in [0.2, 0.25) is 0 Å². The van der Waals surface area contributed by atoms with Crippen molar-refractivity contribution in [1.29, 1.82) is 0 Å². The Hall–Kier alpha value is -1.26. The van der Waals surface area contributed by atoms with Gasteiger partial charge in [-0.3, -0.25) is 0 Å². The van der Waals surface area contributed by atoms with Crippen LogP contribution in [0.4, 0.5) is 0 Å². The molecule has 0 amide bonds. The topological polar surface area (TPSA) is 42.5 Å². The number of hydrogen-bond acceptors (Lipinski definition) is 4. The normalized spacial score (nSPS) is 19.3. The second-order valence-electron chi connectivity index (χ2n) is 5.08. The van der Waals surface area contributed by atoms with Crippen molar-refractivity contribution < 1.29 is 9.47 Å². The van der Waals surface area contributed by atoms with Crippen molar-refractivity contribution in [3.05, 3.63) is 22.8 Å². The molecule has 0 spiro atoms. The van der Waals surface area contributed by atoms with Gasteiger partial charge in [0.05, 0.1) is 14.2 Å². The molecule has 0 aromatic heterocycles. The van der Waals surface area contributed by atoms with Crippen molar-refractivity contribution in [2.45, 2.75) is 26.3 Å². The maximum absolute atomic E-state index is 5.59. The summed E-state index contributed by atoms with van der Waals surface area (Å²) >= 11 is 0. The van der Waals surface area contributed by atoms with E-state index in [1.807, 2.05) is 0 Å². The summed E-state index contributed by atoms with van der Waals surface area (Å²) in [5.74, 6) is 1.93. The molecule has 1 aromatic carbocycles. The number of hydrogen-bond donors (Lipinski definition) is 2. The van der Waals surface area contributed by atoms with Crippen LogP contribution in [0.3, 0.4) is 0 Å². The second-order valence-corrected chi connectivity index (χ2v) is 5.08. The zero-order valence-corrected chi connectivity index (χ0v) is 12.3. The van der Waals surface area contributed by atoms with Crippen molar-refractivity contribution in [3.63, 3.8) is 0 Å². The molecule has 1 fully saturated rings. The zero-order chi connectivity index (χ0) is 13.8. The van der Waals surface area contributed by atoms with E-state index in [9.17, 15) is 0 Å². The lowest BCUT2D eigenvalue weighted by Gasteiger charge is -2.26. The SMILES string of the molecule is COc1cc(CC2CNCCN2)c(OC)c(C)c1C. The van der Waals surface area contributed by atoms with Crippen LogP contribution >= 0.6 is 0 Å². The fourth-order valence-electron chi connectivity index (χ4n) is 2.70. The Morgan fingerprint density at radius 2 is 1.95 bits per heavy atom. The van der Waals surface area contributed by atoms with E-state index in [1.165, 1.54) is 11.1 Å². The van der Waals surface area contributed by atoms with E-state index in [1.54, 1.807) is 14.2 Å². The van der Waals surface area contributed by atoms with Crippen LogP contribution in [-0.4, -0.2) is 39.9 Å². The number of ether oxygens (including phenoxy) is 2. The number of methoxy groups -OCH3 is 2. The summed E-state index contributed by atoms with van der Waals surface area (Å²) in [7, 11) is 3.46. The highest BCUT2D eigenvalue weighted by Gasteiger charge is 2.18. The third-order valence-corrected chi connectivity index (χ3v) is 3.89. The highest BCUT2D eigenvalue weighted by molar-refractivity contribution is 5.52. The maximum atomic E-state index is 5.59. The second kappa shape index (κ2) is 6.26. The molecule has 1 atom stereocenters. The van der Waals surface area contributed by atoms with Crippen LogP contribution in [0.5, 0.6) is 11.5 Å². The van der Waals surface area contributed by atoms with Gasteiger partial charge in [0.15, 0.2) is 0 Å². The van der Waals surface area contributed by atoms with Gasteiger partial charge in [-0.25, -0.2) is 0 Å². The predicted octanol–water partition coefficient (Wildman–Crippen LogP) is 1.42. The van der Waals surface area contributed by atoms with E-state index in [0.29, 0.717) is 6.04 Å². The fourth-order valence-corrected chi connectivity index (χ4v) is 2.70. The summed E-state index contributed by atoms with van der Waals surface area (Å²) in [6, 6.07) is 2.56. The molecule has 0 radical (unpaired) electrons. The molecule has 106 valence electrons. The van der Waals surface area contributed by atoms with E-state index < -0.39 is 0 Å². The first-order valence-electron chi connectivity index (χ1n) is 6.82. The predicted molar refractivity (Wildman–Crippen MR) is 77.4 cm³/mol. The number of piperazine rings is 1. The lowest BCUT2D eigenvalue weighted by molar-refractivity contribution is 0.381. The molecule has 1 aliphatic heterocycles. The minimum atomic E-state index is 0.453. The quantitative estimate of drug-likeness (QED) is 0.863. The summed E-state index contributed by atoms with van der Waals surface area (Å²) in [5.41, 5.74) is 3.53. The first kappa shape index (κ1) is 14.2. The molecule has 1 saturated heterocycles. The molecule has 0 aliphatic carbocycles. The van der Waals surface area contributed by atoms with E-state index in [2.05, 4.69) is 30.5 Å². The maximum Gasteiger partial charge on any atom is 0.125 e. The highest BCUT2D eigenvalue weighted by atomic mass is 16.5. The van der Waals surface area contributed by atoms with Crippen LogP contribution in [0, 0.1) is 13.8 Å². The summed E-state index contributed by atoms with van der Waals surface area (Å²) in [6.45, 7) is 7.23. The van der Waals surface area contributed by atoms with Gasteiger partial charge in [0, 0.05) is 25.7 Å². The van der Waals surface area contributed by atoms with Crippen LogP contribution < -0.4 is 20.1 Å². The molecule has 0 bridgehead atoms. The van der Waals surface area contributed by atoms with E-state index in [4.69, 9.17) is 9.47 Å². The van der Waals surface area contributed by atoms with Crippen LogP contribution in [0.25, 0.3) is 0 Å². The molecule has 4 heteroatoms. The molecular weight excluding hydrogens is 240 g/mol. The molecule has 4 nitrogen and oxygen atoms in total. The van der Waals surface area contributed by atoms with Crippen molar-refractivity contribution in [1.82, 2.24) is 10.6 Å². The van der Waals surface area contributed by atoms with Crippen molar-refractivity contribution in [2.24, 2.45) is 0 Å².